The first-order chi connectivity index (χ1) is 10.2. The van der Waals surface area contributed by atoms with Crippen LogP contribution >= 0.6 is 0 Å². The number of hydrogen-bond donors (Lipinski definition) is 1. The van der Waals surface area contributed by atoms with Crippen molar-refractivity contribution in [3.63, 3.8) is 0 Å². The van der Waals surface area contributed by atoms with Gasteiger partial charge < -0.3 is 14.6 Å². The number of fused-ring (bicyclic) bond motifs is 1. The van der Waals surface area contributed by atoms with Gasteiger partial charge in [-0.25, -0.2) is 0 Å². The van der Waals surface area contributed by atoms with Crippen LogP contribution in [0.3, 0.4) is 0 Å². The molecule has 3 rings (SSSR count). The number of likely N-dealkylation sites (tertiary alicyclic amines) is 1. The van der Waals surface area contributed by atoms with Crippen LogP contribution in [0.1, 0.15) is 36.5 Å². The first-order valence-corrected chi connectivity index (χ1v) is 7.84. The minimum atomic E-state index is -0.407. The highest BCUT2D eigenvalue weighted by Gasteiger charge is 2.34. The summed E-state index contributed by atoms with van der Waals surface area (Å²) in [4.78, 5) is 2.41. The van der Waals surface area contributed by atoms with E-state index in [1.807, 2.05) is 12.1 Å². The average Bonchev–Trinajstić information content (AvgIpc) is 2.55. The van der Waals surface area contributed by atoms with Crippen LogP contribution in [0.15, 0.2) is 18.2 Å². The molecular weight excluding hydrogens is 266 g/mol. The van der Waals surface area contributed by atoms with Crippen molar-refractivity contribution in [2.75, 3.05) is 27.3 Å². The summed E-state index contributed by atoms with van der Waals surface area (Å²) in [6.45, 7) is 2.00. The molecule has 1 aromatic rings. The van der Waals surface area contributed by atoms with Gasteiger partial charge in [0.15, 0.2) is 0 Å². The van der Waals surface area contributed by atoms with Crippen molar-refractivity contribution < 1.29 is 14.6 Å². The van der Waals surface area contributed by atoms with E-state index >= 15 is 0 Å². The number of piperidine rings is 1. The number of aliphatic hydroxyl groups is 1. The quantitative estimate of drug-likeness (QED) is 0.926. The Labute approximate surface area is 126 Å². The maximum absolute atomic E-state index is 10.8. The smallest absolute Gasteiger partial charge is 0.119 e. The van der Waals surface area contributed by atoms with Gasteiger partial charge in [0.2, 0.25) is 0 Å². The maximum atomic E-state index is 10.8. The van der Waals surface area contributed by atoms with Crippen molar-refractivity contribution in [3.05, 3.63) is 29.3 Å². The molecule has 3 atom stereocenters. The van der Waals surface area contributed by atoms with Gasteiger partial charge in [0.1, 0.15) is 5.75 Å². The zero-order chi connectivity index (χ0) is 14.8. The predicted octanol–water partition coefficient (Wildman–Crippen LogP) is 2.15. The molecule has 0 spiro atoms. The van der Waals surface area contributed by atoms with Gasteiger partial charge in [-0.1, -0.05) is 6.07 Å². The molecule has 2 aliphatic rings. The number of nitrogens with zero attached hydrogens (tertiary/aromatic N) is 1. The first kappa shape index (κ1) is 14.8. The number of rotatable bonds is 3. The lowest BCUT2D eigenvalue weighted by Crippen LogP contribution is -2.49. The highest BCUT2D eigenvalue weighted by molar-refractivity contribution is 5.39. The van der Waals surface area contributed by atoms with Crippen molar-refractivity contribution >= 4 is 0 Å². The number of aliphatic hydroxyl groups excluding tert-OH is 1. The third-order valence-electron chi connectivity index (χ3n) is 4.95. The topological polar surface area (TPSA) is 41.9 Å². The third kappa shape index (κ3) is 2.93. The molecule has 0 bridgehead atoms. The van der Waals surface area contributed by atoms with Crippen LogP contribution in [0, 0.1) is 0 Å². The number of methoxy groups -OCH3 is 2. The predicted molar refractivity (Wildman–Crippen MR) is 81.7 cm³/mol. The Bertz CT molecular complexity index is 491. The SMILES string of the molecule is COc1ccc2c(c1)CCC(N1CCCC(OC)C1)C2O. The molecule has 1 N–H and O–H groups in total. The Morgan fingerprint density at radius 3 is 2.86 bits per heavy atom. The zero-order valence-electron chi connectivity index (χ0n) is 12.9. The molecule has 0 amide bonds. The van der Waals surface area contributed by atoms with E-state index < -0.39 is 6.10 Å². The summed E-state index contributed by atoms with van der Waals surface area (Å²) in [7, 11) is 3.47. The van der Waals surface area contributed by atoms with E-state index in [0.29, 0.717) is 6.10 Å². The monoisotopic (exact) mass is 291 g/mol. The van der Waals surface area contributed by atoms with Gasteiger partial charge in [-0.3, -0.25) is 4.90 Å². The first-order valence-electron chi connectivity index (χ1n) is 7.84. The van der Waals surface area contributed by atoms with Crippen molar-refractivity contribution in [2.24, 2.45) is 0 Å². The molecule has 3 unspecified atom stereocenters. The summed E-state index contributed by atoms with van der Waals surface area (Å²) < 4.78 is 10.8. The van der Waals surface area contributed by atoms with E-state index in [9.17, 15) is 5.11 Å². The summed E-state index contributed by atoms with van der Waals surface area (Å²) in [6, 6.07) is 6.23. The molecule has 4 heteroatoms. The van der Waals surface area contributed by atoms with Crippen molar-refractivity contribution in [3.8, 4) is 5.75 Å². The van der Waals surface area contributed by atoms with Crippen molar-refractivity contribution in [1.29, 1.82) is 0 Å². The van der Waals surface area contributed by atoms with Crippen LogP contribution in [0.25, 0.3) is 0 Å². The molecule has 1 fully saturated rings. The van der Waals surface area contributed by atoms with E-state index in [1.54, 1.807) is 14.2 Å². The Kier molecular flexibility index (Phi) is 4.48. The van der Waals surface area contributed by atoms with Gasteiger partial charge in [0, 0.05) is 19.7 Å². The highest BCUT2D eigenvalue weighted by Crippen LogP contribution is 2.36. The molecule has 1 heterocycles. The lowest BCUT2D eigenvalue weighted by atomic mass is 9.84. The number of aryl methyl sites for hydroxylation is 1. The largest absolute Gasteiger partial charge is 0.497 e. The Morgan fingerprint density at radius 2 is 2.10 bits per heavy atom. The number of ether oxygens (including phenoxy) is 2. The molecule has 1 saturated heterocycles. The normalized spacial score (nSPS) is 30.0. The lowest BCUT2D eigenvalue weighted by molar-refractivity contribution is -0.0260. The molecule has 116 valence electrons. The lowest BCUT2D eigenvalue weighted by Gasteiger charge is -2.42. The molecule has 1 aliphatic heterocycles. The van der Waals surface area contributed by atoms with E-state index in [0.717, 1.165) is 50.1 Å². The molecule has 0 saturated carbocycles. The van der Waals surface area contributed by atoms with Gasteiger partial charge in [-0.15, -0.1) is 0 Å². The van der Waals surface area contributed by atoms with E-state index in [2.05, 4.69) is 11.0 Å². The minimum absolute atomic E-state index is 0.212. The summed E-state index contributed by atoms with van der Waals surface area (Å²) in [5.41, 5.74) is 2.28. The van der Waals surface area contributed by atoms with E-state index in [4.69, 9.17) is 9.47 Å². The second-order valence-corrected chi connectivity index (χ2v) is 6.11. The summed E-state index contributed by atoms with van der Waals surface area (Å²) in [6.07, 6.45) is 4.18. The second-order valence-electron chi connectivity index (χ2n) is 6.11. The molecule has 1 aliphatic carbocycles. The van der Waals surface area contributed by atoms with Crippen LogP contribution in [-0.2, 0) is 11.2 Å². The van der Waals surface area contributed by atoms with Gasteiger partial charge >= 0.3 is 0 Å². The fourth-order valence-electron chi connectivity index (χ4n) is 3.72. The van der Waals surface area contributed by atoms with Gasteiger partial charge in [-0.05, 0) is 55.5 Å². The van der Waals surface area contributed by atoms with Gasteiger partial charge in [0.25, 0.3) is 0 Å². The average molecular weight is 291 g/mol. The van der Waals surface area contributed by atoms with Crippen molar-refractivity contribution in [1.82, 2.24) is 4.90 Å². The summed E-state index contributed by atoms with van der Waals surface area (Å²) in [5, 5.41) is 10.8. The molecule has 4 nitrogen and oxygen atoms in total. The van der Waals surface area contributed by atoms with Crippen LogP contribution < -0.4 is 4.74 Å². The zero-order valence-corrected chi connectivity index (χ0v) is 12.9. The summed E-state index contributed by atoms with van der Waals surface area (Å²) >= 11 is 0. The maximum Gasteiger partial charge on any atom is 0.119 e. The van der Waals surface area contributed by atoms with Crippen molar-refractivity contribution in [2.45, 2.75) is 43.9 Å². The Hall–Kier alpha value is -1.10. The number of benzene rings is 1. The van der Waals surface area contributed by atoms with Gasteiger partial charge in [0.05, 0.1) is 19.3 Å². The Balaban J connectivity index is 1.77. The second kappa shape index (κ2) is 6.34. The molecule has 21 heavy (non-hydrogen) atoms. The molecule has 0 radical (unpaired) electrons. The fourth-order valence-corrected chi connectivity index (χ4v) is 3.72. The van der Waals surface area contributed by atoms with Crippen LogP contribution in [0.2, 0.25) is 0 Å². The fraction of sp³-hybridized carbons (Fsp3) is 0.647. The van der Waals surface area contributed by atoms with E-state index in [-0.39, 0.29) is 6.04 Å². The third-order valence-corrected chi connectivity index (χ3v) is 4.95. The molecule has 0 aromatic heterocycles. The van der Waals surface area contributed by atoms with E-state index in [1.165, 1.54) is 5.56 Å². The number of hydrogen-bond acceptors (Lipinski definition) is 4. The molecular formula is C17H25NO3. The van der Waals surface area contributed by atoms with Gasteiger partial charge in [-0.2, -0.15) is 0 Å². The van der Waals surface area contributed by atoms with Crippen LogP contribution in [-0.4, -0.2) is 49.5 Å². The Morgan fingerprint density at radius 1 is 1.24 bits per heavy atom. The molecule has 1 aromatic carbocycles. The van der Waals surface area contributed by atoms with Crippen LogP contribution in [0.5, 0.6) is 5.75 Å². The summed E-state index contributed by atoms with van der Waals surface area (Å²) in [5.74, 6) is 0.872. The standard InChI is InChI=1S/C17H25NO3/c1-20-13-6-7-15-12(10-13)5-8-16(17(15)19)18-9-3-4-14(11-18)21-2/h6-7,10,14,16-17,19H,3-5,8-9,11H2,1-2H3. The van der Waals surface area contributed by atoms with Crippen LogP contribution in [0.4, 0.5) is 0 Å². The minimum Gasteiger partial charge on any atom is -0.497 e. The highest BCUT2D eigenvalue weighted by atomic mass is 16.5.